The summed E-state index contributed by atoms with van der Waals surface area (Å²) in [7, 11) is 1.52. The molecular weight excluding hydrogens is 340 g/mol. The highest BCUT2D eigenvalue weighted by atomic mass is 35.5. The predicted octanol–water partition coefficient (Wildman–Crippen LogP) is 0.427. The van der Waals surface area contributed by atoms with Crippen molar-refractivity contribution in [2.45, 2.75) is 17.7 Å². The summed E-state index contributed by atoms with van der Waals surface area (Å²) >= 11 is 0. The molecule has 23 heavy (non-hydrogen) atoms. The Balaban J connectivity index is 0.00000264. The van der Waals surface area contributed by atoms with Crippen LogP contribution < -0.4 is 10.6 Å². The van der Waals surface area contributed by atoms with Gasteiger partial charge in [-0.3, -0.25) is 4.79 Å². The van der Waals surface area contributed by atoms with Gasteiger partial charge < -0.3 is 15.2 Å². The molecule has 0 saturated carbocycles. The molecule has 0 radical (unpaired) electrons. The number of rotatable bonds is 5. The Hall–Kier alpha value is -1.09. The number of aryl methyl sites for hydroxylation is 1. The van der Waals surface area contributed by atoms with Crippen molar-refractivity contribution in [3.8, 4) is 0 Å². The Morgan fingerprint density at radius 3 is 2.70 bits per heavy atom. The van der Waals surface area contributed by atoms with E-state index in [9.17, 15) is 13.2 Å². The number of nitrogens with zero attached hydrogens (tertiary/aromatic N) is 2. The fraction of sp³-hybridized carbons (Fsp3) is 0.643. The van der Waals surface area contributed by atoms with Crippen LogP contribution in [0.3, 0.4) is 0 Å². The van der Waals surface area contributed by atoms with Crippen LogP contribution in [0.2, 0.25) is 0 Å². The number of carbonyl (C=O) groups excluding carboxylic acids is 1. The van der Waals surface area contributed by atoms with E-state index in [4.69, 9.17) is 0 Å². The maximum absolute atomic E-state index is 12.8. The molecule has 0 aliphatic carbocycles. The van der Waals surface area contributed by atoms with Crippen molar-refractivity contribution in [1.29, 1.82) is 0 Å². The minimum Gasteiger partial charge on any atom is -0.354 e. The average Bonchev–Trinajstić information content (AvgIpc) is 2.90. The van der Waals surface area contributed by atoms with E-state index in [2.05, 4.69) is 10.6 Å². The van der Waals surface area contributed by atoms with Gasteiger partial charge in [0.05, 0.1) is 0 Å². The molecule has 9 heteroatoms. The maximum atomic E-state index is 12.8. The summed E-state index contributed by atoms with van der Waals surface area (Å²) in [5.41, 5.74) is 0.338. The van der Waals surface area contributed by atoms with Crippen LogP contribution in [0.4, 0.5) is 0 Å². The Kier molecular flexibility index (Phi) is 7.06. The molecule has 1 aromatic rings. The molecule has 0 bridgehead atoms. The second-order valence-corrected chi connectivity index (χ2v) is 7.62. The second-order valence-electron chi connectivity index (χ2n) is 5.68. The van der Waals surface area contributed by atoms with Crippen molar-refractivity contribution in [2.24, 2.45) is 13.0 Å². The quantitative estimate of drug-likeness (QED) is 0.793. The van der Waals surface area contributed by atoms with Gasteiger partial charge in [0.1, 0.15) is 10.6 Å². The summed E-state index contributed by atoms with van der Waals surface area (Å²) in [6.07, 6.45) is 3.40. The summed E-state index contributed by atoms with van der Waals surface area (Å²) in [6, 6.07) is 1.44. The number of aromatic nitrogens is 1. The van der Waals surface area contributed by atoms with E-state index in [1.807, 2.05) is 7.05 Å². The molecule has 1 atom stereocenters. The Morgan fingerprint density at radius 1 is 1.39 bits per heavy atom. The molecule has 0 aromatic carbocycles. The summed E-state index contributed by atoms with van der Waals surface area (Å²) in [4.78, 5) is 11.9. The molecule has 1 aromatic heterocycles. The van der Waals surface area contributed by atoms with E-state index in [0.717, 1.165) is 19.4 Å². The zero-order chi connectivity index (χ0) is 16.3. The number of halogens is 1. The maximum Gasteiger partial charge on any atom is 0.267 e. The van der Waals surface area contributed by atoms with Gasteiger partial charge in [0, 0.05) is 33.4 Å². The van der Waals surface area contributed by atoms with E-state index in [1.54, 1.807) is 11.6 Å². The molecule has 1 aliphatic heterocycles. The summed E-state index contributed by atoms with van der Waals surface area (Å²) in [5.74, 6) is 0.0336. The molecule has 1 aliphatic rings. The van der Waals surface area contributed by atoms with Crippen molar-refractivity contribution < 1.29 is 13.2 Å². The van der Waals surface area contributed by atoms with Crippen molar-refractivity contribution in [1.82, 2.24) is 19.5 Å². The van der Waals surface area contributed by atoms with Crippen LogP contribution in [0, 0.1) is 5.92 Å². The zero-order valence-corrected chi connectivity index (χ0v) is 15.3. The summed E-state index contributed by atoms with van der Waals surface area (Å²) in [6.45, 7) is 1.87. The van der Waals surface area contributed by atoms with Crippen molar-refractivity contribution in [2.75, 3.05) is 33.7 Å². The number of hydrogen-bond acceptors (Lipinski definition) is 4. The Labute approximate surface area is 143 Å². The van der Waals surface area contributed by atoms with E-state index < -0.39 is 10.0 Å². The lowest BCUT2D eigenvalue weighted by Gasteiger charge is -2.31. The molecule has 7 nitrogen and oxygen atoms in total. The lowest BCUT2D eigenvalue weighted by molar-refractivity contribution is 0.0955. The zero-order valence-electron chi connectivity index (χ0n) is 13.7. The smallest absolute Gasteiger partial charge is 0.267 e. The fourth-order valence-electron chi connectivity index (χ4n) is 2.88. The van der Waals surface area contributed by atoms with E-state index in [0.29, 0.717) is 24.7 Å². The minimum absolute atomic E-state index is 0. The number of carbonyl (C=O) groups is 1. The van der Waals surface area contributed by atoms with Crippen LogP contribution in [0.5, 0.6) is 0 Å². The summed E-state index contributed by atoms with van der Waals surface area (Å²) in [5, 5.41) is 5.62. The SMILES string of the molecule is CNCC1CCCN(S(=O)(=O)c2cc(C(=O)NC)n(C)c2)C1.Cl. The number of piperidine rings is 1. The van der Waals surface area contributed by atoms with Crippen LogP contribution in [0.1, 0.15) is 23.3 Å². The standard InChI is InChI=1S/C14H24N4O3S.ClH/c1-15-8-11-5-4-6-18(9-11)22(20,21)12-7-13(14(19)16-2)17(3)10-12;/h7,10-11,15H,4-6,8-9H2,1-3H3,(H,16,19);1H. The lowest BCUT2D eigenvalue weighted by Crippen LogP contribution is -2.42. The van der Waals surface area contributed by atoms with Gasteiger partial charge in [-0.1, -0.05) is 0 Å². The first-order valence-corrected chi connectivity index (χ1v) is 8.87. The predicted molar refractivity (Wildman–Crippen MR) is 91.5 cm³/mol. The lowest BCUT2D eigenvalue weighted by atomic mass is 10.00. The Bertz CT molecular complexity index is 642. The highest BCUT2D eigenvalue weighted by molar-refractivity contribution is 7.89. The van der Waals surface area contributed by atoms with Gasteiger partial charge in [-0.25, -0.2) is 8.42 Å². The largest absolute Gasteiger partial charge is 0.354 e. The van der Waals surface area contributed by atoms with Crippen LogP contribution in [0.25, 0.3) is 0 Å². The van der Waals surface area contributed by atoms with E-state index in [-0.39, 0.29) is 23.2 Å². The fourth-order valence-corrected chi connectivity index (χ4v) is 4.51. The molecule has 0 spiro atoms. The average molecular weight is 365 g/mol. The van der Waals surface area contributed by atoms with Gasteiger partial charge >= 0.3 is 0 Å². The number of nitrogens with one attached hydrogen (secondary N) is 2. The highest BCUT2D eigenvalue weighted by Crippen LogP contribution is 2.24. The molecule has 1 saturated heterocycles. The van der Waals surface area contributed by atoms with Gasteiger partial charge in [0.2, 0.25) is 10.0 Å². The first-order chi connectivity index (χ1) is 10.4. The van der Waals surface area contributed by atoms with E-state index in [1.165, 1.54) is 23.6 Å². The van der Waals surface area contributed by atoms with Gasteiger partial charge in [0.25, 0.3) is 5.91 Å². The molecule has 1 unspecified atom stereocenters. The third kappa shape index (κ3) is 4.26. The second kappa shape index (κ2) is 8.14. The number of sulfonamides is 1. The van der Waals surface area contributed by atoms with Gasteiger partial charge in [-0.2, -0.15) is 4.31 Å². The minimum atomic E-state index is -3.55. The molecule has 1 fully saturated rings. The van der Waals surface area contributed by atoms with E-state index >= 15 is 0 Å². The molecular formula is C14H25ClN4O3S. The molecule has 2 heterocycles. The molecule has 2 N–H and O–H groups in total. The molecule has 132 valence electrons. The molecule has 1 amide bonds. The summed E-state index contributed by atoms with van der Waals surface area (Å²) < 4.78 is 28.6. The van der Waals surface area contributed by atoms with Crippen LogP contribution in [-0.4, -0.2) is 56.9 Å². The highest BCUT2D eigenvalue weighted by Gasteiger charge is 2.31. The Morgan fingerprint density at radius 2 is 2.09 bits per heavy atom. The van der Waals surface area contributed by atoms with Gasteiger partial charge in [-0.05, 0) is 38.4 Å². The third-order valence-electron chi connectivity index (χ3n) is 4.05. The van der Waals surface area contributed by atoms with Crippen molar-refractivity contribution >= 4 is 28.3 Å². The first kappa shape index (κ1) is 20.0. The number of amides is 1. The first-order valence-electron chi connectivity index (χ1n) is 7.43. The number of hydrogen-bond donors (Lipinski definition) is 2. The van der Waals surface area contributed by atoms with Crippen molar-refractivity contribution in [3.63, 3.8) is 0 Å². The van der Waals surface area contributed by atoms with Gasteiger partial charge in [0.15, 0.2) is 0 Å². The monoisotopic (exact) mass is 364 g/mol. The molecule has 2 rings (SSSR count). The van der Waals surface area contributed by atoms with Gasteiger partial charge in [-0.15, -0.1) is 12.4 Å². The normalized spacial score (nSPS) is 19.2. The topological polar surface area (TPSA) is 83.4 Å². The van der Waals surface area contributed by atoms with Crippen molar-refractivity contribution in [3.05, 3.63) is 18.0 Å². The van der Waals surface area contributed by atoms with Crippen LogP contribution in [-0.2, 0) is 17.1 Å². The third-order valence-corrected chi connectivity index (χ3v) is 5.88. The van der Waals surface area contributed by atoms with Crippen LogP contribution >= 0.6 is 12.4 Å². The van der Waals surface area contributed by atoms with Crippen LogP contribution in [0.15, 0.2) is 17.2 Å².